The summed E-state index contributed by atoms with van der Waals surface area (Å²) in [5.74, 6) is -3.68. The van der Waals surface area contributed by atoms with E-state index in [2.05, 4.69) is 10.7 Å². The Labute approximate surface area is 194 Å². The van der Waals surface area contributed by atoms with Gasteiger partial charge in [-0.05, 0) is 30.2 Å². The van der Waals surface area contributed by atoms with Crippen LogP contribution in [-0.4, -0.2) is 40.0 Å². The monoisotopic (exact) mass is 458 g/mol. The lowest BCUT2D eigenvalue weighted by molar-refractivity contribution is -0.144. The first-order valence-electron chi connectivity index (χ1n) is 11.3. The molecule has 1 heterocycles. The van der Waals surface area contributed by atoms with Crippen LogP contribution in [0.15, 0.2) is 36.4 Å². The van der Waals surface area contributed by atoms with E-state index in [0.29, 0.717) is 17.9 Å². The SMILES string of the molecule is CC[C@H](C)[C@@H]1NC(=O)N(NC(=O)[C@H](CC(C)C)[C@H](C/C=C/c2ccccc2)C(=O)NO)C1=O. The standard InChI is InChI=1S/C24H34N4O5/c1-5-16(4)20-23(31)28(24(32)25-20)26-21(29)19(14-15(2)3)18(22(30)27-33)13-9-12-17-10-7-6-8-11-17/h6-12,15-16,18-20,33H,5,13-14H2,1-4H3,(H,25,32)(H,26,29)(H,27,30)/b12-9+/t16-,18-,19+,20-/m0/s1. The Morgan fingerprint density at radius 1 is 1.12 bits per heavy atom. The number of amides is 5. The van der Waals surface area contributed by atoms with Crippen molar-refractivity contribution in [2.45, 2.75) is 53.0 Å². The van der Waals surface area contributed by atoms with E-state index in [1.54, 1.807) is 11.6 Å². The molecule has 1 aliphatic rings. The summed E-state index contributed by atoms with van der Waals surface area (Å²) in [6, 6.07) is 8.06. The van der Waals surface area contributed by atoms with Gasteiger partial charge in [0, 0.05) is 0 Å². The van der Waals surface area contributed by atoms with Crippen molar-refractivity contribution in [1.29, 1.82) is 0 Å². The normalized spacial score (nSPS) is 18.8. The van der Waals surface area contributed by atoms with Gasteiger partial charge in [0.15, 0.2) is 0 Å². The van der Waals surface area contributed by atoms with Gasteiger partial charge in [-0.2, -0.15) is 5.01 Å². The molecule has 0 radical (unpaired) electrons. The van der Waals surface area contributed by atoms with E-state index in [0.717, 1.165) is 5.56 Å². The fourth-order valence-corrected chi connectivity index (χ4v) is 3.83. The molecule has 0 aliphatic carbocycles. The molecule has 4 atom stereocenters. The lowest BCUT2D eigenvalue weighted by Crippen LogP contribution is -2.51. The highest BCUT2D eigenvalue weighted by Crippen LogP contribution is 2.26. The predicted octanol–water partition coefficient (Wildman–Crippen LogP) is 2.87. The fourth-order valence-electron chi connectivity index (χ4n) is 3.83. The van der Waals surface area contributed by atoms with Crippen LogP contribution in [0.5, 0.6) is 0 Å². The van der Waals surface area contributed by atoms with E-state index >= 15 is 0 Å². The number of nitrogens with zero attached hydrogens (tertiary/aromatic N) is 1. The molecule has 1 fully saturated rings. The van der Waals surface area contributed by atoms with Gasteiger partial charge in [-0.1, -0.05) is 76.6 Å². The summed E-state index contributed by atoms with van der Waals surface area (Å²) >= 11 is 0. The van der Waals surface area contributed by atoms with Crippen molar-refractivity contribution in [3.05, 3.63) is 42.0 Å². The number of nitrogens with one attached hydrogen (secondary N) is 3. The van der Waals surface area contributed by atoms with Crippen molar-refractivity contribution in [2.75, 3.05) is 0 Å². The Morgan fingerprint density at radius 3 is 2.36 bits per heavy atom. The zero-order valence-electron chi connectivity index (χ0n) is 19.6. The first-order chi connectivity index (χ1) is 15.7. The quantitative estimate of drug-likeness (QED) is 0.230. The van der Waals surface area contributed by atoms with E-state index in [1.165, 1.54) is 0 Å². The summed E-state index contributed by atoms with van der Waals surface area (Å²) < 4.78 is 0. The van der Waals surface area contributed by atoms with Crippen LogP contribution >= 0.6 is 0 Å². The maximum absolute atomic E-state index is 13.2. The van der Waals surface area contributed by atoms with Crippen LogP contribution in [0.25, 0.3) is 6.08 Å². The van der Waals surface area contributed by atoms with Crippen LogP contribution in [0.4, 0.5) is 4.79 Å². The molecule has 1 saturated heterocycles. The molecule has 0 bridgehead atoms. The molecule has 1 aliphatic heterocycles. The molecular formula is C24H34N4O5. The second-order valence-electron chi connectivity index (χ2n) is 8.83. The maximum atomic E-state index is 13.2. The van der Waals surface area contributed by atoms with Gasteiger partial charge in [0.1, 0.15) is 6.04 Å². The number of urea groups is 1. The molecule has 2 rings (SSSR count). The van der Waals surface area contributed by atoms with Crippen molar-refractivity contribution in [3.63, 3.8) is 0 Å². The summed E-state index contributed by atoms with van der Waals surface area (Å²) in [6.07, 6.45) is 4.78. The van der Waals surface area contributed by atoms with Crippen LogP contribution in [0.2, 0.25) is 0 Å². The molecule has 1 aromatic carbocycles. The van der Waals surface area contributed by atoms with Gasteiger partial charge in [0.25, 0.3) is 5.91 Å². The zero-order chi connectivity index (χ0) is 24.5. The molecule has 4 N–H and O–H groups in total. The number of hydrogen-bond donors (Lipinski definition) is 4. The Balaban J connectivity index is 2.22. The minimum Gasteiger partial charge on any atom is -0.324 e. The van der Waals surface area contributed by atoms with Crippen molar-refractivity contribution in [1.82, 2.24) is 21.2 Å². The van der Waals surface area contributed by atoms with Crippen LogP contribution < -0.4 is 16.2 Å². The Bertz CT molecular complexity index is 871. The highest BCUT2D eigenvalue weighted by Gasteiger charge is 2.43. The number of carbonyl (C=O) groups is 4. The predicted molar refractivity (Wildman–Crippen MR) is 123 cm³/mol. The van der Waals surface area contributed by atoms with Gasteiger partial charge < -0.3 is 5.32 Å². The van der Waals surface area contributed by atoms with Crippen LogP contribution in [-0.2, 0) is 14.4 Å². The molecule has 180 valence electrons. The highest BCUT2D eigenvalue weighted by molar-refractivity contribution is 6.05. The zero-order valence-corrected chi connectivity index (χ0v) is 19.6. The minimum absolute atomic E-state index is 0.0452. The number of hydroxylamine groups is 1. The van der Waals surface area contributed by atoms with Gasteiger partial charge in [-0.25, -0.2) is 10.3 Å². The highest BCUT2D eigenvalue weighted by atomic mass is 16.5. The van der Waals surface area contributed by atoms with Crippen molar-refractivity contribution < 1.29 is 24.4 Å². The van der Waals surface area contributed by atoms with E-state index < -0.39 is 41.6 Å². The van der Waals surface area contributed by atoms with Crippen molar-refractivity contribution in [2.24, 2.45) is 23.7 Å². The minimum atomic E-state index is -0.900. The van der Waals surface area contributed by atoms with E-state index in [1.807, 2.05) is 64.1 Å². The Kier molecular flexibility index (Phi) is 9.59. The van der Waals surface area contributed by atoms with Crippen LogP contribution in [0.1, 0.15) is 52.5 Å². The molecule has 33 heavy (non-hydrogen) atoms. The van der Waals surface area contributed by atoms with Gasteiger partial charge in [0.05, 0.1) is 11.8 Å². The van der Waals surface area contributed by atoms with Crippen molar-refractivity contribution in [3.8, 4) is 0 Å². The van der Waals surface area contributed by atoms with Crippen molar-refractivity contribution >= 4 is 29.8 Å². The molecule has 0 saturated carbocycles. The van der Waals surface area contributed by atoms with Gasteiger partial charge >= 0.3 is 6.03 Å². The smallest absolute Gasteiger partial charge is 0.324 e. The number of carbonyl (C=O) groups excluding carboxylic acids is 4. The largest absolute Gasteiger partial charge is 0.344 e. The fraction of sp³-hybridized carbons (Fsp3) is 0.500. The summed E-state index contributed by atoms with van der Waals surface area (Å²) in [6.45, 7) is 7.56. The van der Waals surface area contributed by atoms with E-state index in [4.69, 9.17) is 0 Å². The molecule has 0 spiro atoms. The first-order valence-corrected chi connectivity index (χ1v) is 11.3. The molecule has 9 nitrogen and oxygen atoms in total. The molecular weight excluding hydrogens is 424 g/mol. The van der Waals surface area contributed by atoms with Gasteiger partial charge in [-0.3, -0.25) is 25.0 Å². The van der Waals surface area contributed by atoms with Gasteiger partial charge in [0.2, 0.25) is 11.8 Å². The van der Waals surface area contributed by atoms with Gasteiger partial charge in [-0.15, -0.1) is 0 Å². The lowest BCUT2D eigenvalue weighted by atomic mass is 9.82. The Hall–Kier alpha value is -3.20. The molecule has 9 heteroatoms. The second-order valence-corrected chi connectivity index (χ2v) is 8.83. The molecule has 1 aromatic rings. The topological polar surface area (TPSA) is 128 Å². The summed E-state index contributed by atoms with van der Waals surface area (Å²) in [7, 11) is 0. The van der Waals surface area contributed by atoms with Crippen LogP contribution in [0, 0.1) is 23.7 Å². The van der Waals surface area contributed by atoms with Crippen LogP contribution in [0.3, 0.4) is 0 Å². The third-order valence-electron chi connectivity index (χ3n) is 5.90. The average molecular weight is 459 g/mol. The number of imide groups is 1. The maximum Gasteiger partial charge on any atom is 0.344 e. The lowest BCUT2D eigenvalue weighted by Gasteiger charge is -2.27. The van der Waals surface area contributed by atoms with E-state index in [9.17, 15) is 24.4 Å². The molecule has 0 aromatic heterocycles. The second kappa shape index (κ2) is 12.2. The number of hydrazine groups is 1. The number of benzene rings is 1. The average Bonchev–Trinajstić information content (AvgIpc) is 3.08. The first kappa shape index (κ1) is 26.1. The third-order valence-corrected chi connectivity index (χ3v) is 5.90. The number of hydrogen-bond acceptors (Lipinski definition) is 5. The van der Waals surface area contributed by atoms with E-state index in [-0.39, 0.29) is 18.3 Å². The third kappa shape index (κ3) is 6.89. The number of allylic oxidation sites excluding steroid dienone is 1. The summed E-state index contributed by atoms with van der Waals surface area (Å²) in [5, 5.41) is 12.6. The molecule has 0 unspecified atom stereocenters. The summed E-state index contributed by atoms with van der Waals surface area (Å²) in [4.78, 5) is 50.7. The Morgan fingerprint density at radius 2 is 1.79 bits per heavy atom. The molecule has 5 amide bonds. The number of rotatable bonds is 11. The summed E-state index contributed by atoms with van der Waals surface area (Å²) in [5.41, 5.74) is 4.99.